The summed E-state index contributed by atoms with van der Waals surface area (Å²) in [6, 6.07) is 2.21. The van der Waals surface area contributed by atoms with Crippen molar-refractivity contribution in [2.24, 2.45) is 21.8 Å². The second kappa shape index (κ2) is 6.09. The third-order valence-corrected chi connectivity index (χ3v) is 5.21. The zero-order chi connectivity index (χ0) is 17.6. The predicted octanol–water partition coefficient (Wildman–Crippen LogP) is 2.68. The number of benzene rings is 1. The summed E-state index contributed by atoms with van der Waals surface area (Å²) in [5.74, 6) is -4.78. The Morgan fingerprint density at radius 3 is 2.71 bits per heavy atom. The van der Waals surface area contributed by atoms with Crippen LogP contribution < -0.4 is 0 Å². The van der Waals surface area contributed by atoms with Gasteiger partial charge in [0.1, 0.15) is 11.7 Å². The number of rotatable bonds is 2. The molecule has 0 bridgehead atoms. The lowest BCUT2D eigenvalue weighted by Gasteiger charge is -2.39. The first-order chi connectivity index (χ1) is 11.3. The molecule has 3 rings (SSSR count). The number of hydrogen-bond donors (Lipinski definition) is 1. The van der Waals surface area contributed by atoms with Crippen molar-refractivity contribution in [1.29, 1.82) is 0 Å². The molecular weight excluding hydrogens is 335 g/mol. The molecule has 5 nitrogen and oxygen atoms in total. The minimum Gasteiger partial charge on any atom is -0.481 e. The quantitative estimate of drug-likeness (QED) is 0.890. The van der Waals surface area contributed by atoms with Crippen molar-refractivity contribution in [1.82, 2.24) is 0 Å². The van der Waals surface area contributed by atoms with E-state index in [0.717, 1.165) is 0 Å². The lowest BCUT2D eigenvalue weighted by Crippen LogP contribution is -2.48. The summed E-state index contributed by atoms with van der Waals surface area (Å²) in [4.78, 5) is 32.6. The number of hydrogen-bond acceptors (Lipinski definition) is 4. The fourth-order valence-corrected chi connectivity index (χ4v) is 3.89. The van der Waals surface area contributed by atoms with Crippen LogP contribution in [0.4, 0.5) is 4.39 Å². The molecule has 0 aliphatic carbocycles. The molecular formula is C17H16ClFN2O3. The molecule has 0 fully saturated rings. The maximum Gasteiger partial charge on any atom is 0.312 e. The Morgan fingerprint density at radius 2 is 2.04 bits per heavy atom. The molecule has 4 atom stereocenters. The largest absolute Gasteiger partial charge is 0.481 e. The van der Waals surface area contributed by atoms with Crippen LogP contribution in [0.2, 0.25) is 5.02 Å². The first-order valence-electron chi connectivity index (χ1n) is 7.57. The van der Waals surface area contributed by atoms with Crippen LogP contribution in [0.3, 0.4) is 0 Å². The molecule has 24 heavy (non-hydrogen) atoms. The van der Waals surface area contributed by atoms with Gasteiger partial charge in [-0.2, -0.15) is 0 Å². The zero-order valence-electron chi connectivity index (χ0n) is 13.2. The number of ketones is 1. The van der Waals surface area contributed by atoms with Gasteiger partial charge in [0.25, 0.3) is 0 Å². The van der Waals surface area contributed by atoms with E-state index in [4.69, 9.17) is 11.6 Å². The van der Waals surface area contributed by atoms with E-state index in [2.05, 4.69) is 9.98 Å². The van der Waals surface area contributed by atoms with Crippen LogP contribution in [0.15, 0.2) is 22.1 Å². The van der Waals surface area contributed by atoms with Gasteiger partial charge in [0.15, 0.2) is 5.78 Å². The van der Waals surface area contributed by atoms with Crippen molar-refractivity contribution in [2.75, 3.05) is 6.54 Å². The maximum absolute atomic E-state index is 14.6. The van der Waals surface area contributed by atoms with Gasteiger partial charge in [0.2, 0.25) is 0 Å². The molecule has 1 N–H and O–H groups in total. The number of carbonyl (C=O) groups excluding carboxylic acids is 1. The third-order valence-electron chi connectivity index (χ3n) is 4.71. The Balaban J connectivity index is 2.27. The number of aryl methyl sites for hydroxylation is 1. The lowest BCUT2D eigenvalue weighted by molar-refractivity contribution is -0.141. The molecule has 1 aromatic carbocycles. The minimum atomic E-state index is -1.15. The number of carboxylic acid groups (broad SMARTS) is 1. The van der Waals surface area contributed by atoms with Crippen LogP contribution in [0.25, 0.3) is 0 Å². The average molecular weight is 351 g/mol. The van der Waals surface area contributed by atoms with Gasteiger partial charge in [-0.1, -0.05) is 17.7 Å². The Hall–Kier alpha value is -2.08. The second-order valence-electron chi connectivity index (χ2n) is 6.18. The molecule has 2 heterocycles. The number of fused-ring (bicyclic) bond motifs is 1. The Kier molecular flexibility index (Phi) is 4.25. The predicted molar refractivity (Wildman–Crippen MR) is 88.8 cm³/mol. The Morgan fingerprint density at radius 1 is 1.33 bits per heavy atom. The third kappa shape index (κ3) is 2.55. The van der Waals surface area contributed by atoms with Crippen molar-refractivity contribution < 1.29 is 19.1 Å². The first kappa shape index (κ1) is 16.8. The van der Waals surface area contributed by atoms with Crippen LogP contribution in [0.5, 0.6) is 0 Å². The molecule has 0 radical (unpaired) electrons. The van der Waals surface area contributed by atoms with Gasteiger partial charge < -0.3 is 5.11 Å². The van der Waals surface area contributed by atoms with Crippen molar-refractivity contribution in [3.05, 3.63) is 34.1 Å². The summed E-state index contributed by atoms with van der Waals surface area (Å²) in [6.07, 6.45) is 1.54. The van der Waals surface area contributed by atoms with Crippen LogP contribution >= 0.6 is 11.6 Å². The smallest absolute Gasteiger partial charge is 0.312 e. The summed E-state index contributed by atoms with van der Waals surface area (Å²) in [5.41, 5.74) is 1.05. The first-order valence-corrected chi connectivity index (χ1v) is 7.95. The van der Waals surface area contributed by atoms with Crippen molar-refractivity contribution in [3.8, 4) is 0 Å². The van der Waals surface area contributed by atoms with Gasteiger partial charge in [-0.15, -0.1) is 0 Å². The lowest BCUT2D eigenvalue weighted by atomic mass is 9.67. The Labute approximate surface area is 143 Å². The van der Waals surface area contributed by atoms with Gasteiger partial charge in [0.05, 0.1) is 18.5 Å². The summed E-state index contributed by atoms with van der Waals surface area (Å²) in [5, 5.41) is 9.84. The highest BCUT2D eigenvalue weighted by Gasteiger charge is 2.49. The molecule has 0 amide bonds. The summed E-state index contributed by atoms with van der Waals surface area (Å²) in [7, 11) is 0. The number of halogens is 2. The summed E-state index contributed by atoms with van der Waals surface area (Å²) >= 11 is 6.31. The normalized spacial score (nSPS) is 29.2. The van der Waals surface area contributed by atoms with E-state index in [-0.39, 0.29) is 22.9 Å². The number of carboxylic acids is 1. The van der Waals surface area contributed by atoms with E-state index in [1.54, 1.807) is 20.1 Å². The molecule has 2 aliphatic rings. The standard InChI is InChI=1S/C17H16ClFN2O3/c1-7-3-4-9(19)13(16(7)18)15-12(17(23)24)8(2)21-10-5-20-6-11(22)14(10)15/h3-5,10,12,14-15H,6H2,1-2H3,(H,23,24). The molecule has 0 aromatic heterocycles. The molecule has 2 aliphatic heterocycles. The van der Waals surface area contributed by atoms with Gasteiger partial charge in [0, 0.05) is 28.4 Å². The van der Waals surface area contributed by atoms with E-state index < -0.39 is 35.6 Å². The molecule has 1 aromatic rings. The fourth-order valence-electron chi connectivity index (χ4n) is 3.61. The van der Waals surface area contributed by atoms with Crippen LogP contribution in [-0.2, 0) is 9.59 Å². The van der Waals surface area contributed by atoms with E-state index in [1.807, 2.05) is 0 Å². The second-order valence-corrected chi connectivity index (χ2v) is 6.55. The molecule has 0 spiro atoms. The topological polar surface area (TPSA) is 79.1 Å². The number of aliphatic imine (C=N–C) groups is 2. The maximum atomic E-state index is 14.6. The average Bonchev–Trinajstić information content (AvgIpc) is 2.50. The molecule has 0 saturated heterocycles. The van der Waals surface area contributed by atoms with E-state index in [1.165, 1.54) is 12.1 Å². The summed E-state index contributed by atoms with van der Waals surface area (Å²) < 4.78 is 14.6. The van der Waals surface area contributed by atoms with Crippen molar-refractivity contribution >= 4 is 35.3 Å². The van der Waals surface area contributed by atoms with Crippen LogP contribution in [-0.4, -0.2) is 41.4 Å². The summed E-state index contributed by atoms with van der Waals surface area (Å²) in [6.45, 7) is 3.24. The van der Waals surface area contributed by atoms with Crippen molar-refractivity contribution in [2.45, 2.75) is 25.8 Å². The highest BCUT2D eigenvalue weighted by atomic mass is 35.5. The number of aliphatic carboxylic acids is 1. The highest BCUT2D eigenvalue weighted by Crippen LogP contribution is 2.45. The van der Waals surface area contributed by atoms with Crippen molar-refractivity contribution in [3.63, 3.8) is 0 Å². The SMILES string of the molecule is CC1=NC2C=NCC(=O)C2C(c2c(F)ccc(C)c2Cl)C1C(=O)O. The highest BCUT2D eigenvalue weighted by molar-refractivity contribution is 6.32. The number of carbonyl (C=O) groups is 2. The molecule has 126 valence electrons. The van der Waals surface area contributed by atoms with E-state index in [9.17, 15) is 19.1 Å². The fraction of sp³-hybridized carbons (Fsp3) is 0.412. The minimum absolute atomic E-state index is 0.0520. The van der Waals surface area contributed by atoms with E-state index in [0.29, 0.717) is 11.3 Å². The molecule has 4 unspecified atom stereocenters. The molecule has 0 saturated carbocycles. The Bertz CT molecular complexity index is 790. The van der Waals surface area contributed by atoms with Gasteiger partial charge in [-0.05, 0) is 25.5 Å². The van der Waals surface area contributed by atoms with Gasteiger partial charge >= 0.3 is 5.97 Å². The molecule has 7 heteroatoms. The van der Waals surface area contributed by atoms with Crippen LogP contribution in [0, 0.1) is 24.6 Å². The zero-order valence-corrected chi connectivity index (χ0v) is 13.9. The monoisotopic (exact) mass is 350 g/mol. The number of Topliss-reactive ketones (excluding diaryl/α,β-unsaturated/α-hetero) is 1. The van der Waals surface area contributed by atoms with Gasteiger partial charge in [-0.3, -0.25) is 19.6 Å². The van der Waals surface area contributed by atoms with E-state index >= 15 is 0 Å². The number of nitrogens with zero attached hydrogens (tertiary/aromatic N) is 2. The van der Waals surface area contributed by atoms with Crippen LogP contribution in [0.1, 0.15) is 24.0 Å². The van der Waals surface area contributed by atoms with Gasteiger partial charge in [-0.25, -0.2) is 4.39 Å².